The molecule has 0 unspecified atom stereocenters. The molecule has 1 N–H and O–H groups in total. The molecule has 112 valence electrons. The molecule has 0 fully saturated rings. The second kappa shape index (κ2) is 6.06. The van der Waals surface area contributed by atoms with E-state index in [0.717, 1.165) is 29.1 Å². The zero-order valence-electron chi connectivity index (χ0n) is 12.9. The highest BCUT2D eigenvalue weighted by molar-refractivity contribution is 5.69. The average molecular weight is 292 g/mol. The zero-order chi connectivity index (χ0) is 15.5. The Kier molecular flexibility index (Phi) is 3.96. The first-order chi connectivity index (χ1) is 10.7. The number of nitrogens with zero attached hydrogens (tertiary/aromatic N) is 2. The zero-order valence-corrected chi connectivity index (χ0v) is 12.9. The summed E-state index contributed by atoms with van der Waals surface area (Å²) >= 11 is 0. The number of benzene rings is 2. The molecule has 3 nitrogen and oxygen atoms in total. The summed E-state index contributed by atoms with van der Waals surface area (Å²) in [5.74, 6) is 0.720. The lowest BCUT2D eigenvalue weighted by molar-refractivity contribution is 0.464. The maximum atomic E-state index is 10.7. The Morgan fingerprint density at radius 1 is 0.955 bits per heavy atom. The predicted molar refractivity (Wildman–Crippen MR) is 89.2 cm³/mol. The second-order valence-corrected chi connectivity index (χ2v) is 5.86. The molecular weight excluding hydrogens is 272 g/mol. The lowest BCUT2D eigenvalue weighted by Crippen LogP contribution is -2.00. The van der Waals surface area contributed by atoms with Crippen LogP contribution >= 0.6 is 0 Å². The second-order valence-electron chi connectivity index (χ2n) is 5.86. The smallest absolute Gasteiger partial charge is 0.165 e. The molecule has 3 heteroatoms. The summed E-state index contributed by atoms with van der Waals surface area (Å²) in [4.78, 5) is 0. The van der Waals surface area contributed by atoms with Crippen molar-refractivity contribution in [2.24, 2.45) is 5.92 Å². The van der Waals surface area contributed by atoms with Crippen LogP contribution in [0.1, 0.15) is 19.5 Å². The van der Waals surface area contributed by atoms with Gasteiger partial charge in [0.25, 0.3) is 0 Å². The first-order valence-corrected chi connectivity index (χ1v) is 7.58. The minimum absolute atomic E-state index is 0.281. The van der Waals surface area contributed by atoms with Crippen LogP contribution < -0.4 is 0 Å². The summed E-state index contributed by atoms with van der Waals surface area (Å²) in [6.45, 7) is 4.26. The average Bonchev–Trinajstić information content (AvgIpc) is 2.85. The van der Waals surface area contributed by atoms with Gasteiger partial charge < -0.3 is 5.11 Å². The van der Waals surface area contributed by atoms with Gasteiger partial charge in [-0.05, 0) is 24.5 Å². The maximum Gasteiger partial charge on any atom is 0.165 e. The third-order valence-electron chi connectivity index (χ3n) is 3.58. The molecule has 0 atom stereocenters. The molecule has 0 aliphatic rings. The molecule has 1 aromatic heterocycles. The van der Waals surface area contributed by atoms with Gasteiger partial charge >= 0.3 is 0 Å². The number of aromatic nitrogens is 2. The SMILES string of the molecule is CC(C)Cc1nn(-c2ccccc2)c(-c2ccccc2)c1O. The molecule has 22 heavy (non-hydrogen) atoms. The van der Waals surface area contributed by atoms with E-state index in [-0.39, 0.29) is 5.75 Å². The van der Waals surface area contributed by atoms with E-state index < -0.39 is 0 Å². The van der Waals surface area contributed by atoms with Crippen LogP contribution in [0.25, 0.3) is 16.9 Å². The Morgan fingerprint density at radius 2 is 1.55 bits per heavy atom. The van der Waals surface area contributed by atoms with Crippen molar-refractivity contribution in [3.63, 3.8) is 0 Å². The fourth-order valence-electron chi connectivity index (χ4n) is 2.59. The van der Waals surface area contributed by atoms with Gasteiger partial charge in [-0.1, -0.05) is 62.4 Å². The highest BCUT2D eigenvalue weighted by atomic mass is 16.3. The van der Waals surface area contributed by atoms with Crippen molar-refractivity contribution in [2.45, 2.75) is 20.3 Å². The Bertz CT molecular complexity index is 746. The molecule has 2 aromatic carbocycles. The van der Waals surface area contributed by atoms with Gasteiger partial charge in [0, 0.05) is 5.56 Å². The van der Waals surface area contributed by atoms with E-state index in [4.69, 9.17) is 0 Å². The topological polar surface area (TPSA) is 38.0 Å². The van der Waals surface area contributed by atoms with Gasteiger partial charge in [0.2, 0.25) is 0 Å². The molecule has 0 amide bonds. The van der Waals surface area contributed by atoms with Gasteiger partial charge in [-0.2, -0.15) is 5.10 Å². The summed E-state index contributed by atoms with van der Waals surface area (Å²) < 4.78 is 1.84. The van der Waals surface area contributed by atoms with Crippen molar-refractivity contribution in [1.82, 2.24) is 9.78 Å². The van der Waals surface area contributed by atoms with Crippen LogP contribution in [0.3, 0.4) is 0 Å². The van der Waals surface area contributed by atoms with Gasteiger partial charge in [0.15, 0.2) is 5.75 Å². The number of para-hydroxylation sites is 1. The van der Waals surface area contributed by atoms with E-state index in [9.17, 15) is 5.11 Å². The Hall–Kier alpha value is -2.55. The maximum absolute atomic E-state index is 10.7. The summed E-state index contributed by atoms with van der Waals surface area (Å²) in [5.41, 5.74) is 3.41. The van der Waals surface area contributed by atoms with E-state index in [0.29, 0.717) is 5.92 Å². The van der Waals surface area contributed by atoms with Crippen LogP contribution in [0, 0.1) is 5.92 Å². The molecule has 3 rings (SSSR count). The Balaban J connectivity index is 2.19. The number of hydrogen-bond donors (Lipinski definition) is 1. The van der Waals surface area contributed by atoms with Crippen molar-refractivity contribution in [3.8, 4) is 22.7 Å². The number of hydrogen-bond acceptors (Lipinski definition) is 2. The predicted octanol–water partition coefficient (Wildman–Crippen LogP) is 4.44. The number of rotatable bonds is 4. The largest absolute Gasteiger partial charge is 0.504 e. The molecule has 0 aliphatic heterocycles. The molecule has 0 spiro atoms. The van der Waals surface area contributed by atoms with Crippen molar-refractivity contribution in [3.05, 3.63) is 66.4 Å². The summed E-state index contributed by atoms with van der Waals surface area (Å²) in [5, 5.41) is 15.4. The molecule has 1 heterocycles. The standard InChI is InChI=1S/C19H20N2O/c1-14(2)13-17-19(22)18(15-9-5-3-6-10-15)21(20-17)16-11-7-4-8-12-16/h3-12,14,22H,13H2,1-2H3. The van der Waals surface area contributed by atoms with Gasteiger partial charge in [-0.3, -0.25) is 0 Å². The monoisotopic (exact) mass is 292 g/mol. The van der Waals surface area contributed by atoms with E-state index in [1.165, 1.54) is 0 Å². The highest BCUT2D eigenvalue weighted by Gasteiger charge is 2.20. The van der Waals surface area contributed by atoms with Crippen molar-refractivity contribution in [1.29, 1.82) is 0 Å². The van der Waals surface area contributed by atoms with E-state index in [1.54, 1.807) is 0 Å². The quantitative estimate of drug-likeness (QED) is 0.771. The fourth-order valence-corrected chi connectivity index (χ4v) is 2.59. The summed E-state index contributed by atoms with van der Waals surface area (Å²) in [7, 11) is 0. The third-order valence-corrected chi connectivity index (χ3v) is 3.58. The molecule has 0 aliphatic carbocycles. The van der Waals surface area contributed by atoms with E-state index >= 15 is 0 Å². The van der Waals surface area contributed by atoms with E-state index in [2.05, 4.69) is 18.9 Å². The first-order valence-electron chi connectivity index (χ1n) is 7.58. The van der Waals surface area contributed by atoms with Crippen LogP contribution in [0.5, 0.6) is 5.75 Å². The van der Waals surface area contributed by atoms with Crippen molar-refractivity contribution < 1.29 is 5.11 Å². The van der Waals surface area contributed by atoms with Crippen LogP contribution in [0.15, 0.2) is 60.7 Å². The van der Waals surface area contributed by atoms with Gasteiger partial charge in [0.1, 0.15) is 11.4 Å². The third kappa shape index (κ3) is 2.75. The van der Waals surface area contributed by atoms with Crippen LogP contribution in [0.4, 0.5) is 0 Å². The molecule has 0 saturated heterocycles. The van der Waals surface area contributed by atoms with Gasteiger partial charge in [0.05, 0.1) is 5.69 Å². The lowest BCUT2D eigenvalue weighted by atomic mass is 10.1. The molecule has 0 radical (unpaired) electrons. The minimum atomic E-state index is 0.281. The van der Waals surface area contributed by atoms with Crippen molar-refractivity contribution in [2.75, 3.05) is 0 Å². The summed E-state index contributed by atoms with van der Waals surface area (Å²) in [6.07, 6.45) is 0.755. The normalized spacial score (nSPS) is 11.0. The van der Waals surface area contributed by atoms with Crippen LogP contribution in [0.2, 0.25) is 0 Å². The molecule has 3 aromatic rings. The molecule has 0 saturated carbocycles. The van der Waals surface area contributed by atoms with Gasteiger partial charge in [-0.25, -0.2) is 4.68 Å². The highest BCUT2D eigenvalue weighted by Crippen LogP contribution is 2.35. The van der Waals surface area contributed by atoms with E-state index in [1.807, 2.05) is 65.3 Å². The number of aromatic hydroxyl groups is 1. The fraction of sp³-hybridized carbons (Fsp3) is 0.211. The Morgan fingerprint density at radius 3 is 2.14 bits per heavy atom. The van der Waals surface area contributed by atoms with Gasteiger partial charge in [-0.15, -0.1) is 0 Å². The summed E-state index contributed by atoms with van der Waals surface area (Å²) in [6, 6.07) is 19.8. The lowest BCUT2D eigenvalue weighted by Gasteiger charge is -2.07. The van der Waals surface area contributed by atoms with Crippen LogP contribution in [-0.4, -0.2) is 14.9 Å². The Labute approximate surface area is 130 Å². The molecule has 0 bridgehead atoms. The first kappa shape index (κ1) is 14.4. The van der Waals surface area contributed by atoms with Crippen molar-refractivity contribution >= 4 is 0 Å². The molecular formula is C19H20N2O. The minimum Gasteiger partial charge on any atom is -0.504 e. The van der Waals surface area contributed by atoms with Crippen LogP contribution in [-0.2, 0) is 6.42 Å².